The highest BCUT2D eigenvalue weighted by Gasteiger charge is 2.60. The molecule has 10 fully saturated rings. The predicted octanol–water partition coefficient (Wildman–Crippen LogP) is 5.54. The lowest BCUT2D eigenvalue weighted by molar-refractivity contribution is -0.136. The van der Waals surface area contributed by atoms with Gasteiger partial charge in [-0.3, -0.25) is 9.59 Å². The van der Waals surface area contributed by atoms with Gasteiger partial charge in [0.25, 0.3) is 0 Å². The summed E-state index contributed by atoms with van der Waals surface area (Å²) in [5.41, 5.74) is 2.00. The van der Waals surface area contributed by atoms with Gasteiger partial charge in [0.1, 0.15) is 12.1 Å². The van der Waals surface area contributed by atoms with E-state index >= 15 is 0 Å². The Labute approximate surface area is 277 Å². The smallest absolute Gasteiger partial charge is 0.237 e. The van der Waals surface area contributed by atoms with Crippen LogP contribution < -0.4 is 10.6 Å². The quantitative estimate of drug-likeness (QED) is 0.399. The van der Waals surface area contributed by atoms with Gasteiger partial charge in [-0.2, -0.15) is 10.5 Å². The molecule has 0 radical (unpaired) electrons. The Bertz CT molecular complexity index is 1300. The van der Waals surface area contributed by atoms with Gasteiger partial charge in [-0.05, 0) is 136 Å². The topological polar surface area (TPSA) is 112 Å². The molecule has 9 atom stereocenters. The van der Waals surface area contributed by atoms with Gasteiger partial charge in [0.15, 0.2) is 0 Å². The first-order valence-electron chi connectivity index (χ1n) is 18.6. The van der Waals surface area contributed by atoms with E-state index in [9.17, 15) is 20.1 Å². The van der Waals surface area contributed by atoms with Crippen molar-refractivity contribution in [2.24, 2.45) is 39.4 Å². The molecule has 2 aliphatic heterocycles. The van der Waals surface area contributed by atoms with Crippen LogP contribution in [0.15, 0.2) is 0 Å². The number of hydrogen-bond donors (Lipinski definition) is 2. The first-order valence-corrected chi connectivity index (χ1v) is 18.6. The first kappa shape index (κ1) is 32.4. The zero-order valence-electron chi connectivity index (χ0n) is 29.0. The third kappa shape index (κ3) is 5.89. The van der Waals surface area contributed by atoms with Gasteiger partial charge < -0.3 is 20.4 Å². The first-order chi connectivity index (χ1) is 21.8. The number of rotatable bonds is 6. The van der Waals surface area contributed by atoms with Crippen LogP contribution in [0, 0.1) is 62.1 Å². The largest absolute Gasteiger partial charge is 0.326 e. The molecule has 0 spiro atoms. The molecule has 10 rings (SSSR count). The van der Waals surface area contributed by atoms with Crippen LogP contribution in [0.1, 0.15) is 124 Å². The minimum atomic E-state index is -0.198. The Morgan fingerprint density at radius 2 is 1.30 bits per heavy atom. The maximum Gasteiger partial charge on any atom is 0.237 e. The standard InChI is InChI=1S/2C19H29N3O/c1-17-6-14-7-18(2,11-17)13-19(8-14,12-17)21-10-16(23)22-5-3-4-15(22)9-20;1-18-7-13-6-14(9-18)17(19(2,8-13)12-18)21-11-16(23)22-5-3-4-15(22)10-20/h14-15,21H,3-8,10-13H2,1-2H3;13-15,17,21H,3-9,11-12H2,1-2H3/t14?,15-,17?,18?,19?;13?,14?,15-,17?,18?,19?/m00/s1. The monoisotopic (exact) mass is 630 g/mol. The van der Waals surface area contributed by atoms with Gasteiger partial charge in [-0.15, -0.1) is 0 Å². The lowest BCUT2D eigenvalue weighted by atomic mass is 9.43. The third-order valence-electron chi connectivity index (χ3n) is 14.1. The van der Waals surface area contributed by atoms with Gasteiger partial charge in [0, 0.05) is 24.7 Å². The van der Waals surface area contributed by atoms with E-state index in [1.165, 1.54) is 70.6 Å². The van der Waals surface area contributed by atoms with Crippen LogP contribution >= 0.6 is 0 Å². The normalized spacial score (nSPS) is 47.8. The molecule has 10 aliphatic rings. The van der Waals surface area contributed by atoms with Gasteiger partial charge >= 0.3 is 0 Å². The highest BCUT2D eigenvalue weighted by Crippen LogP contribution is 2.66. The summed E-state index contributed by atoms with van der Waals surface area (Å²) < 4.78 is 0. The van der Waals surface area contributed by atoms with Crippen LogP contribution in [0.5, 0.6) is 0 Å². The minimum absolute atomic E-state index is 0.123. The Kier molecular flexibility index (Phi) is 8.08. The molecule has 0 aromatic carbocycles. The Hall–Kier alpha value is -2.16. The fourth-order valence-corrected chi connectivity index (χ4v) is 14.2. The predicted molar refractivity (Wildman–Crippen MR) is 177 cm³/mol. The molecule has 8 nitrogen and oxygen atoms in total. The molecule has 8 bridgehead atoms. The Morgan fingerprint density at radius 1 is 0.717 bits per heavy atom. The molecule has 46 heavy (non-hydrogen) atoms. The summed E-state index contributed by atoms with van der Waals surface area (Å²) in [6.07, 6.45) is 18.1. The summed E-state index contributed by atoms with van der Waals surface area (Å²) in [5.74, 6) is 2.73. The zero-order valence-corrected chi connectivity index (χ0v) is 29.0. The van der Waals surface area contributed by atoms with E-state index in [4.69, 9.17) is 0 Å². The average Bonchev–Trinajstić information content (AvgIpc) is 3.62. The highest BCUT2D eigenvalue weighted by atomic mass is 16.2. The number of likely N-dealkylation sites (tertiary alicyclic amines) is 2. The van der Waals surface area contributed by atoms with E-state index in [0.29, 0.717) is 40.8 Å². The summed E-state index contributed by atoms with van der Waals surface area (Å²) in [7, 11) is 0. The maximum absolute atomic E-state index is 12.6. The van der Waals surface area contributed by atoms with Crippen molar-refractivity contribution in [1.29, 1.82) is 10.5 Å². The fraction of sp³-hybridized carbons (Fsp3) is 0.895. The second-order valence-corrected chi connectivity index (χ2v) is 19.0. The lowest BCUT2D eigenvalue weighted by Crippen LogP contribution is -2.65. The summed E-state index contributed by atoms with van der Waals surface area (Å²) in [6.45, 7) is 12.2. The van der Waals surface area contributed by atoms with Crippen molar-refractivity contribution in [2.75, 3.05) is 26.2 Å². The molecular formula is C38H58N6O2. The minimum Gasteiger partial charge on any atom is -0.326 e. The van der Waals surface area contributed by atoms with E-state index in [-0.39, 0.29) is 29.4 Å². The van der Waals surface area contributed by atoms with Gasteiger partial charge in [-0.1, -0.05) is 27.7 Å². The second kappa shape index (κ2) is 11.5. The van der Waals surface area contributed by atoms with E-state index < -0.39 is 0 Å². The van der Waals surface area contributed by atoms with Gasteiger partial charge in [0.05, 0.1) is 25.2 Å². The van der Waals surface area contributed by atoms with Crippen molar-refractivity contribution < 1.29 is 9.59 Å². The fourth-order valence-electron chi connectivity index (χ4n) is 14.2. The number of nitrogens with one attached hydrogen (secondary N) is 2. The van der Waals surface area contributed by atoms with Crippen molar-refractivity contribution in [2.45, 2.75) is 148 Å². The molecule has 8 saturated carbocycles. The van der Waals surface area contributed by atoms with Gasteiger partial charge in [-0.25, -0.2) is 0 Å². The van der Waals surface area contributed by atoms with Crippen LogP contribution in [0.25, 0.3) is 0 Å². The number of carbonyl (C=O) groups is 2. The molecule has 8 heteroatoms. The molecule has 7 unspecified atom stereocenters. The van der Waals surface area contributed by atoms with E-state index in [1.54, 1.807) is 9.80 Å². The van der Waals surface area contributed by atoms with Crippen molar-refractivity contribution >= 4 is 11.8 Å². The molecule has 2 saturated heterocycles. The molecule has 8 aliphatic carbocycles. The van der Waals surface area contributed by atoms with E-state index in [1.807, 2.05) is 0 Å². The molecule has 2 heterocycles. The number of nitriles is 2. The Morgan fingerprint density at radius 3 is 1.85 bits per heavy atom. The molecule has 2 N–H and O–H groups in total. The van der Waals surface area contributed by atoms with Crippen molar-refractivity contribution in [3.8, 4) is 12.1 Å². The van der Waals surface area contributed by atoms with Crippen LogP contribution in [0.3, 0.4) is 0 Å². The van der Waals surface area contributed by atoms with Crippen LogP contribution in [-0.2, 0) is 9.59 Å². The number of nitrogens with zero attached hydrogens (tertiary/aromatic N) is 4. The summed E-state index contributed by atoms with van der Waals surface area (Å²) in [4.78, 5) is 28.7. The summed E-state index contributed by atoms with van der Waals surface area (Å²) >= 11 is 0. The highest BCUT2D eigenvalue weighted by molar-refractivity contribution is 5.79. The van der Waals surface area contributed by atoms with Crippen molar-refractivity contribution in [3.63, 3.8) is 0 Å². The van der Waals surface area contributed by atoms with Crippen LogP contribution in [-0.4, -0.2) is 71.5 Å². The molecule has 252 valence electrons. The number of hydrogen-bond acceptors (Lipinski definition) is 6. The van der Waals surface area contributed by atoms with Crippen LogP contribution in [0.2, 0.25) is 0 Å². The van der Waals surface area contributed by atoms with Crippen LogP contribution in [0.4, 0.5) is 0 Å². The van der Waals surface area contributed by atoms with E-state index in [2.05, 4.69) is 50.5 Å². The molecular weight excluding hydrogens is 572 g/mol. The molecule has 2 amide bonds. The summed E-state index contributed by atoms with van der Waals surface area (Å²) in [5, 5.41) is 25.7. The van der Waals surface area contributed by atoms with Crippen molar-refractivity contribution in [1.82, 2.24) is 20.4 Å². The average molecular weight is 631 g/mol. The summed E-state index contributed by atoms with van der Waals surface area (Å²) in [6, 6.07) is 4.64. The van der Waals surface area contributed by atoms with Crippen molar-refractivity contribution in [3.05, 3.63) is 0 Å². The molecule has 0 aromatic heterocycles. The zero-order chi connectivity index (χ0) is 32.5. The SMILES string of the molecule is CC12CC3CC(C)(C1)CC(NCC(=O)N1CCC[C@H]1C#N)(C3)C2.CC12CC3CC(C1)C(NCC(=O)N1CCC[C@H]1C#N)C(C)(C3)C2. The Balaban J connectivity index is 0.000000147. The van der Waals surface area contributed by atoms with E-state index in [0.717, 1.165) is 56.5 Å². The second-order valence-electron chi connectivity index (χ2n) is 19.0. The lowest BCUT2D eigenvalue weighted by Gasteiger charge is -2.65. The third-order valence-corrected chi connectivity index (χ3v) is 14.1. The number of carbonyl (C=O) groups excluding carboxylic acids is 2. The maximum atomic E-state index is 12.6. The van der Waals surface area contributed by atoms with Gasteiger partial charge in [0.2, 0.25) is 11.8 Å². The molecule has 0 aromatic rings. The number of amides is 2.